The van der Waals surface area contributed by atoms with Gasteiger partial charge in [-0.3, -0.25) is 29.4 Å². The van der Waals surface area contributed by atoms with Crippen molar-refractivity contribution < 1.29 is 24.3 Å². The van der Waals surface area contributed by atoms with Crippen molar-refractivity contribution in [3.8, 4) is 0 Å². The van der Waals surface area contributed by atoms with E-state index in [1.165, 1.54) is 0 Å². The predicted molar refractivity (Wildman–Crippen MR) is 97.2 cm³/mol. The van der Waals surface area contributed by atoms with E-state index in [0.29, 0.717) is 18.7 Å². The average Bonchev–Trinajstić information content (AvgIpc) is 2.93. The molecular weight excluding hydrogens is 364 g/mol. The van der Waals surface area contributed by atoms with Gasteiger partial charge in [-0.05, 0) is 31.0 Å². The van der Waals surface area contributed by atoms with E-state index in [-0.39, 0.29) is 30.0 Å². The molecule has 9 heteroatoms. The van der Waals surface area contributed by atoms with Gasteiger partial charge >= 0.3 is 0 Å². The van der Waals surface area contributed by atoms with Crippen molar-refractivity contribution >= 4 is 23.6 Å². The molecule has 2 fully saturated rings. The van der Waals surface area contributed by atoms with E-state index < -0.39 is 35.8 Å². The Hall–Kier alpha value is -2.62. The summed E-state index contributed by atoms with van der Waals surface area (Å²) in [4.78, 5) is 50.3. The van der Waals surface area contributed by atoms with Crippen LogP contribution in [0.2, 0.25) is 0 Å². The first-order valence-electron chi connectivity index (χ1n) is 9.43. The number of carbonyl (C=O) groups excluding carboxylic acids is 4. The van der Waals surface area contributed by atoms with Gasteiger partial charge in [-0.25, -0.2) is 0 Å². The number of nitrogens with zero attached hydrogens (tertiary/aromatic N) is 1. The van der Waals surface area contributed by atoms with Gasteiger partial charge in [0.15, 0.2) is 0 Å². The van der Waals surface area contributed by atoms with Crippen molar-refractivity contribution in [2.75, 3.05) is 13.1 Å². The number of carbonyl (C=O) groups is 4. The van der Waals surface area contributed by atoms with E-state index in [9.17, 15) is 24.3 Å². The van der Waals surface area contributed by atoms with Crippen LogP contribution in [0.4, 0.5) is 0 Å². The Balaban J connectivity index is 1.56. The number of hydrogen-bond donors (Lipinski definition) is 4. The van der Waals surface area contributed by atoms with Crippen molar-refractivity contribution in [1.29, 1.82) is 0 Å². The zero-order chi connectivity index (χ0) is 19.8. The Morgan fingerprint density at radius 2 is 1.96 bits per heavy atom. The number of rotatable bonds is 4. The second kappa shape index (κ2) is 7.42. The summed E-state index contributed by atoms with van der Waals surface area (Å²) in [6, 6.07) is 3.96. The number of β-amino-alcohol motifs (C(OH)–C–C–N with tert-alkyl or cyclic N) is 1. The third-order valence-corrected chi connectivity index (χ3v) is 5.56. The molecule has 0 spiro atoms. The highest BCUT2D eigenvalue weighted by molar-refractivity contribution is 6.24. The normalized spacial score (nSPS) is 27.8. The molecule has 0 radical (unpaired) electrons. The molecule has 2 saturated heterocycles. The van der Waals surface area contributed by atoms with Crippen LogP contribution in [0.1, 0.15) is 45.5 Å². The van der Waals surface area contributed by atoms with E-state index >= 15 is 0 Å². The Morgan fingerprint density at radius 3 is 2.71 bits per heavy atom. The quantitative estimate of drug-likeness (QED) is 0.484. The van der Waals surface area contributed by atoms with E-state index in [0.717, 1.165) is 17.9 Å². The zero-order valence-corrected chi connectivity index (χ0v) is 15.2. The summed E-state index contributed by atoms with van der Waals surface area (Å²) in [6.45, 7) is 1.63. The van der Waals surface area contributed by atoms with Gasteiger partial charge in [0, 0.05) is 25.6 Å². The Morgan fingerprint density at radius 1 is 1.14 bits per heavy atom. The van der Waals surface area contributed by atoms with Crippen molar-refractivity contribution in [3.05, 3.63) is 34.9 Å². The van der Waals surface area contributed by atoms with Gasteiger partial charge in [-0.15, -0.1) is 0 Å². The topological polar surface area (TPSA) is 128 Å². The minimum atomic E-state index is -0.975. The summed E-state index contributed by atoms with van der Waals surface area (Å²) < 4.78 is 0. The molecule has 3 aliphatic rings. The lowest BCUT2D eigenvalue weighted by Gasteiger charge is -2.29. The van der Waals surface area contributed by atoms with Crippen LogP contribution < -0.4 is 16.0 Å². The molecule has 9 nitrogen and oxygen atoms in total. The minimum Gasteiger partial charge on any atom is -0.390 e. The number of imide groups is 2. The lowest BCUT2D eigenvalue weighted by Crippen LogP contribution is -2.54. The fraction of sp³-hybridized carbons (Fsp3) is 0.474. The largest absolute Gasteiger partial charge is 0.390 e. The number of fused-ring (bicyclic) bond motifs is 1. The third kappa shape index (κ3) is 3.21. The Kier molecular flexibility index (Phi) is 4.96. The zero-order valence-electron chi connectivity index (χ0n) is 15.2. The number of hydrogen-bond acceptors (Lipinski definition) is 7. The summed E-state index contributed by atoms with van der Waals surface area (Å²) in [5, 5.41) is 18.6. The number of nitrogens with one attached hydrogen (secondary N) is 3. The molecule has 4 amide bonds. The number of piperidine rings is 2. The molecule has 4 rings (SSSR count). The van der Waals surface area contributed by atoms with Gasteiger partial charge < -0.3 is 15.7 Å². The van der Waals surface area contributed by atoms with Gasteiger partial charge in [-0.1, -0.05) is 12.1 Å². The number of amides is 4. The molecule has 3 aliphatic heterocycles. The van der Waals surface area contributed by atoms with Crippen LogP contribution in [0.5, 0.6) is 0 Å². The maximum atomic E-state index is 13.0. The molecule has 1 aromatic rings. The molecular formula is C19H22N4O5. The maximum absolute atomic E-state index is 13.0. The summed E-state index contributed by atoms with van der Waals surface area (Å²) in [5.74, 6) is -2.05. The Bertz CT molecular complexity index is 855. The van der Waals surface area contributed by atoms with Crippen LogP contribution in [-0.4, -0.2) is 64.9 Å². The van der Waals surface area contributed by atoms with E-state index in [1.807, 2.05) is 0 Å². The van der Waals surface area contributed by atoms with Crippen LogP contribution in [-0.2, 0) is 16.1 Å². The Labute approximate surface area is 161 Å². The summed E-state index contributed by atoms with van der Waals surface area (Å²) >= 11 is 0. The number of benzene rings is 1. The van der Waals surface area contributed by atoms with Crippen LogP contribution >= 0.6 is 0 Å². The fourth-order valence-corrected chi connectivity index (χ4v) is 4.05. The summed E-state index contributed by atoms with van der Waals surface area (Å²) in [5.41, 5.74) is 1.20. The maximum Gasteiger partial charge on any atom is 0.262 e. The molecule has 1 unspecified atom stereocenters. The molecule has 0 saturated carbocycles. The molecule has 0 aromatic heterocycles. The van der Waals surface area contributed by atoms with Crippen LogP contribution in [0.15, 0.2) is 18.2 Å². The lowest BCUT2D eigenvalue weighted by molar-refractivity contribution is -0.136. The van der Waals surface area contributed by atoms with Crippen molar-refractivity contribution in [3.63, 3.8) is 0 Å². The van der Waals surface area contributed by atoms with Crippen LogP contribution in [0.25, 0.3) is 0 Å². The van der Waals surface area contributed by atoms with Crippen LogP contribution in [0, 0.1) is 0 Å². The van der Waals surface area contributed by atoms with Crippen molar-refractivity contribution in [2.45, 2.75) is 44.0 Å². The second-order valence-electron chi connectivity index (χ2n) is 7.33. The van der Waals surface area contributed by atoms with Gasteiger partial charge in [0.1, 0.15) is 6.04 Å². The molecule has 3 atom stereocenters. The fourth-order valence-electron chi connectivity index (χ4n) is 4.05. The van der Waals surface area contributed by atoms with Crippen LogP contribution in [0.3, 0.4) is 0 Å². The molecule has 0 aliphatic carbocycles. The smallest absolute Gasteiger partial charge is 0.262 e. The molecule has 4 N–H and O–H groups in total. The van der Waals surface area contributed by atoms with Gasteiger partial charge in [-0.2, -0.15) is 0 Å². The molecule has 148 valence electrons. The van der Waals surface area contributed by atoms with Crippen molar-refractivity contribution in [2.24, 2.45) is 0 Å². The predicted octanol–water partition coefficient (Wildman–Crippen LogP) is -1.10. The van der Waals surface area contributed by atoms with Gasteiger partial charge in [0.05, 0.1) is 17.2 Å². The first kappa shape index (κ1) is 18.7. The molecule has 28 heavy (non-hydrogen) atoms. The summed E-state index contributed by atoms with van der Waals surface area (Å²) in [7, 11) is 0. The van der Waals surface area contributed by atoms with Crippen molar-refractivity contribution in [1.82, 2.24) is 20.9 Å². The first-order chi connectivity index (χ1) is 13.5. The van der Waals surface area contributed by atoms with E-state index in [2.05, 4.69) is 16.0 Å². The highest BCUT2D eigenvalue weighted by atomic mass is 16.3. The monoisotopic (exact) mass is 386 g/mol. The number of aliphatic hydroxyl groups excluding tert-OH is 1. The molecule has 1 aromatic carbocycles. The lowest BCUT2D eigenvalue weighted by atomic mass is 10.00. The third-order valence-electron chi connectivity index (χ3n) is 5.56. The average molecular weight is 386 g/mol. The van der Waals surface area contributed by atoms with E-state index in [1.54, 1.807) is 18.2 Å². The number of aliphatic hydroxyl groups is 1. The minimum absolute atomic E-state index is 0.0891. The second-order valence-corrected chi connectivity index (χ2v) is 7.33. The summed E-state index contributed by atoms with van der Waals surface area (Å²) in [6.07, 6.45) is 0.449. The molecule has 0 bridgehead atoms. The SMILES string of the molecule is O=C1CCC(N2C(=O)c3cccc(CN[C@H]4CCNC[C@@H]4O)c3C2=O)C(=O)N1. The highest BCUT2D eigenvalue weighted by Gasteiger charge is 2.45. The molecule has 3 heterocycles. The van der Waals surface area contributed by atoms with Gasteiger partial charge in [0.2, 0.25) is 11.8 Å². The van der Waals surface area contributed by atoms with E-state index in [4.69, 9.17) is 0 Å². The first-order valence-corrected chi connectivity index (χ1v) is 9.43. The van der Waals surface area contributed by atoms with Gasteiger partial charge in [0.25, 0.3) is 11.8 Å². The standard InChI is InChI=1S/C19H22N4O5/c24-14-9-20-7-6-12(14)21-8-10-2-1-3-11-16(10)19(28)23(18(11)27)13-4-5-15(25)22-17(13)26/h1-3,12-14,20-21,24H,4-9H2,(H,22,25,26)/t12-,13?,14-/m0/s1. The highest BCUT2D eigenvalue weighted by Crippen LogP contribution is 2.30.